The van der Waals surface area contributed by atoms with Gasteiger partial charge >= 0.3 is 0 Å². The summed E-state index contributed by atoms with van der Waals surface area (Å²) < 4.78 is 37.1. The monoisotopic (exact) mass is 963 g/mol. The lowest BCUT2D eigenvalue weighted by Gasteiger charge is -2.72. The van der Waals surface area contributed by atoms with Crippen LogP contribution in [-0.2, 0) is 28.4 Å². The van der Waals surface area contributed by atoms with Crippen molar-refractivity contribution in [3.8, 4) is 0 Å². The van der Waals surface area contributed by atoms with Crippen LogP contribution in [-0.4, -0.2) is 202 Å². The molecule has 3 aliphatic heterocycles. The van der Waals surface area contributed by atoms with E-state index >= 15 is 0 Å². The highest BCUT2D eigenvalue weighted by atomic mass is 16.7. The summed E-state index contributed by atoms with van der Waals surface area (Å²) in [7, 11) is 0. The van der Waals surface area contributed by atoms with Gasteiger partial charge in [-0.05, 0) is 117 Å². The van der Waals surface area contributed by atoms with Crippen LogP contribution < -0.4 is 0 Å². The van der Waals surface area contributed by atoms with Crippen LogP contribution in [0.4, 0.5) is 0 Å². The maximum Gasteiger partial charge on any atom is 0.187 e. The first-order chi connectivity index (χ1) is 31.2. The van der Waals surface area contributed by atoms with Crippen LogP contribution in [0.3, 0.4) is 0 Å². The van der Waals surface area contributed by atoms with Gasteiger partial charge in [-0.3, -0.25) is 0 Å². The van der Waals surface area contributed by atoms with E-state index in [4.69, 9.17) is 28.4 Å². The second-order valence-corrected chi connectivity index (χ2v) is 23.1. The minimum atomic E-state index is -1.77. The molecule has 26 unspecified atom stereocenters. The fourth-order valence-electron chi connectivity index (χ4n) is 14.8. The standard InChI is InChI=1S/C48H82O19/c1-21(2)10-9-13-48(8,67-43-39(61)36(58)33(55)27(66-43)20-62-41-37(59)34(56)31(53)25(18-49)64-41)22-11-15-46(6)30(22)23(51)16-28-45(5)14-12-29(52)44(3,4)40(45)24(17-47(28,46)7)63-42-38(60)35(57)32(54)26(19-50)65-42/h10,22-43,49-61H,9,11-20H2,1-8H3. The zero-order valence-corrected chi connectivity index (χ0v) is 40.3. The van der Waals surface area contributed by atoms with Gasteiger partial charge in [0.1, 0.15) is 73.2 Å². The maximum atomic E-state index is 12.7. The number of allylic oxidation sites excluding steroid dienone is 2. The van der Waals surface area contributed by atoms with E-state index in [0.717, 1.165) is 5.57 Å². The molecule has 19 heteroatoms. The van der Waals surface area contributed by atoms with Gasteiger partial charge in [0.2, 0.25) is 0 Å². The van der Waals surface area contributed by atoms with Crippen molar-refractivity contribution in [2.24, 2.45) is 45.3 Å². The molecule has 7 fully saturated rings. The van der Waals surface area contributed by atoms with Gasteiger partial charge in [-0.2, -0.15) is 0 Å². The normalized spacial score (nSPS) is 52.9. The lowest BCUT2D eigenvalue weighted by molar-refractivity contribution is -0.353. The van der Waals surface area contributed by atoms with Gasteiger partial charge in [-0.25, -0.2) is 0 Å². The second kappa shape index (κ2) is 19.8. The Labute approximate surface area is 393 Å². The van der Waals surface area contributed by atoms with E-state index in [1.807, 2.05) is 34.6 Å². The van der Waals surface area contributed by atoms with E-state index in [2.05, 4.69) is 26.8 Å². The van der Waals surface area contributed by atoms with Crippen molar-refractivity contribution in [2.45, 2.75) is 223 Å². The summed E-state index contributed by atoms with van der Waals surface area (Å²) >= 11 is 0. The number of fused-ring (bicyclic) bond motifs is 5. The fourth-order valence-corrected chi connectivity index (χ4v) is 14.8. The molecule has 26 atom stereocenters. The molecule has 7 aliphatic rings. The third kappa shape index (κ3) is 9.13. The van der Waals surface area contributed by atoms with Gasteiger partial charge in [0.25, 0.3) is 0 Å². The quantitative estimate of drug-likeness (QED) is 0.0773. The molecule has 67 heavy (non-hydrogen) atoms. The van der Waals surface area contributed by atoms with Crippen LogP contribution in [0.5, 0.6) is 0 Å². The molecule has 19 nitrogen and oxygen atoms in total. The molecule has 3 heterocycles. The number of aliphatic hydroxyl groups excluding tert-OH is 13. The summed E-state index contributed by atoms with van der Waals surface area (Å²) in [6, 6.07) is 0. The van der Waals surface area contributed by atoms with Crippen molar-refractivity contribution in [1.29, 1.82) is 0 Å². The first kappa shape index (κ1) is 53.8. The Hall–Kier alpha value is -1.02. The molecular formula is C48H82O19. The van der Waals surface area contributed by atoms with Crippen LogP contribution in [0.2, 0.25) is 0 Å². The molecule has 3 saturated heterocycles. The predicted molar refractivity (Wildman–Crippen MR) is 235 cm³/mol. The Morgan fingerprint density at radius 2 is 1.19 bits per heavy atom. The van der Waals surface area contributed by atoms with E-state index in [9.17, 15) is 66.4 Å². The molecule has 0 aromatic heterocycles. The third-order valence-corrected chi connectivity index (χ3v) is 18.7. The van der Waals surface area contributed by atoms with Gasteiger partial charge in [0.05, 0.1) is 43.7 Å². The van der Waals surface area contributed by atoms with Crippen molar-refractivity contribution < 1.29 is 94.8 Å². The summed E-state index contributed by atoms with van der Waals surface area (Å²) in [6.07, 6.45) is -19.2. The fraction of sp³-hybridized carbons (Fsp3) is 0.958. The van der Waals surface area contributed by atoms with Gasteiger partial charge in [0, 0.05) is 0 Å². The number of aliphatic hydroxyl groups is 13. The molecule has 0 radical (unpaired) electrons. The molecule has 0 amide bonds. The van der Waals surface area contributed by atoms with Crippen molar-refractivity contribution in [1.82, 2.24) is 0 Å². The van der Waals surface area contributed by atoms with E-state index in [0.29, 0.717) is 51.4 Å². The maximum absolute atomic E-state index is 12.7. The minimum Gasteiger partial charge on any atom is -0.394 e. The third-order valence-electron chi connectivity index (χ3n) is 18.7. The molecular weight excluding hydrogens is 881 g/mol. The van der Waals surface area contributed by atoms with Crippen molar-refractivity contribution in [3.63, 3.8) is 0 Å². The summed E-state index contributed by atoms with van der Waals surface area (Å²) in [5.74, 6) is -1.11. The Morgan fingerprint density at radius 3 is 1.78 bits per heavy atom. The molecule has 0 bridgehead atoms. The van der Waals surface area contributed by atoms with Gasteiger partial charge in [-0.1, -0.05) is 46.3 Å². The summed E-state index contributed by atoms with van der Waals surface area (Å²) in [6.45, 7) is 14.7. The van der Waals surface area contributed by atoms with Crippen molar-refractivity contribution in [3.05, 3.63) is 11.6 Å². The molecule has 7 rings (SSSR count). The molecule has 0 aromatic carbocycles. The predicted octanol–water partition coefficient (Wildman–Crippen LogP) is -1.06. The smallest absolute Gasteiger partial charge is 0.187 e. The first-order valence-electron chi connectivity index (χ1n) is 24.5. The minimum absolute atomic E-state index is 0.0659. The molecule has 0 spiro atoms. The second-order valence-electron chi connectivity index (χ2n) is 23.1. The van der Waals surface area contributed by atoms with Crippen LogP contribution in [0.25, 0.3) is 0 Å². The zero-order valence-electron chi connectivity index (χ0n) is 40.3. The lowest BCUT2D eigenvalue weighted by atomic mass is 9.34. The highest BCUT2D eigenvalue weighted by Gasteiger charge is 2.74. The Kier molecular flexibility index (Phi) is 15.9. The average Bonchev–Trinajstić information content (AvgIpc) is 3.66. The Balaban J connectivity index is 1.20. The van der Waals surface area contributed by atoms with E-state index in [1.54, 1.807) is 0 Å². The highest BCUT2D eigenvalue weighted by Crippen LogP contribution is 2.76. The largest absolute Gasteiger partial charge is 0.394 e. The SMILES string of the molecule is CC(C)=CCCC(C)(OC1OC(COC2OC(CO)C(O)C(O)C2O)C(O)C(O)C1O)C1CCC2(C)C1C(O)CC1C3(C)CCC(O)C(C)(C)C3C(OC3OC(CO)C(O)C(O)C3O)CC12C. The topological polar surface area (TPSA) is 318 Å². The lowest BCUT2D eigenvalue weighted by Crippen LogP contribution is -2.71. The zero-order chi connectivity index (χ0) is 49.5. The Morgan fingerprint density at radius 1 is 0.657 bits per heavy atom. The van der Waals surface area contributed by atoms with Gasteiger partial charge in [-0.15, -0.1) is 0 Å². The van der Waals surface area contributed by atoms with E-state index in [1.165, 1.54) is 0 Å². The van der Waals surface area contributed by atoms with Gasteiger partial charge < -0.3 is 94.8 Å². The van der Waals surface area contributed by atoms with Crippen LogP contribution in [0, 0.1) is 45.3 Å². The summed E-state index contributed by atoms with van der Waals surface area (Å²) in [4.78, 5) is 0. The first-order valence-corrected chi connectivity index (χ1v) is 24.5. The van der Waals surface area contributed by atoms with E-state index in [-0.39, 0.29) is 23.7 Å². The van der Waals surface area contributed by atoms with Crippen molar-refractivity contribution >= 4 is 0 Å². The molecule has 0 aromatic rings. The highest BCUT2D eigenvalue weighted by molar-refractivity contribution is 5.22. The molecule has 388 valence electrons. The van der Waals surface area contributed by atoms with Crippen LogP contribution in [0.1, 0.15) is 107 Å². The molecule has 4 aliphatic carbocycles. The van der Waals surface area contributed by atoms with Gasteiger partial charge in [0.15, 0.2) is 18.9 Å². The van der Waals surface area contributed by atoms with Crippen LogP contribution >= 0.6 is 0 Å². The number of rotatable bonds is 13. The molecule has 13 N–H and O–H groups in total. The number of hydrogen-bond donors (Lipinski definition) is 13. The summed E-state index contributed by atoms with van der Waals surface area (Å²) in [5.41, 5.74) is -2.39. The number of hydrogen-bond acceptors (Lipinski definition) is 19. The average molecular weight is 963 g/mol. The Bertz CT molecular complexity index is 1710. The van der Waals surface area contributed by atoms with E-state index < -0.39 is 158 Å². The van der Waals surface area contributed by atoms with Crippen LogP contribution in [0.15, 0.2) is 11.6 Å². The van der Waals surface area contributed by atoms with Crippen molar-refractivity contribution in [2.75, 3.05) is 19.8 Å². The number of ether oxygens (including phenoxy) is 6. The molecule has 4 saturated carbocycles. The summed E-state index contributed by atoms with van der Waals surface area (Å²) in [5, 5.41) is 142.